The third-order valence-electron chi connectivity index (χ3n) is 3.82. The molecule has 1 unspecified atom stereocenters. The summed E-state index contributed by atoms with van der Waals surface area (Å²) in [7, 11) is 0. The van der Waals surface area contributed by atoms with Crippen molar-refractivity contribution in [1.82, 2.24) is 9.97 Å². The number of aromatic nitrogens is 2. The van der Waals surface area contributed by atoms with E-state index in [0.717, 1.165) is 53.7 Å². The van der Waals surface area contributed by atoms with Crippen molar-refractivity contribution in [2.75, 3.05) is 18.0 Å². The average Bonchev–Trinajstić information content (AvgIpc) is 2.49. The summed E-state index contributed by atoms with van der Waals surface area (Å²) in [5, 5.41) is 0.729. The summed E-state index contributed by atoms with van der Waals surface area (Å²) in [6, 6.07) is 7.96. The number of nitrogens with two attached hydrogens (primary N) is 1. The second kappa shape index (κ2) is 6.00. The lowest BCUT2D eigenvalue weighted by Gasteiger charge is -2.31. The maximum Gasteiger partial charge on any atom is 0.225 e. The summed E-state index contributed by atoms with van der Waals surface area (Å²) < 4.78 is 0. The van der Waals surface area contributed by atoms with Crippen molar-refractivity contribution in [1.29, 1.82) is 0 Å². The van der Waals surface area contributed by atoms with E-state index in [4.69, 9.17) is 22.3 Å². The zero-order chi connectivity index (χ0) is 14.8. The Morgan fingerprint density at radius 1 is 1.29 bits per heavy atom. The molecule has 2 aromatic rings. The minimum atomic E-state index is 0.211. The Bertz CT molecular complexity index is 627. The van der Waals surface area contributed by atoms with Crippen molar-refractivity contribution < 1.29 is 0 Å². The van der Waals surface area contributed by atoms with E-state index in [1.165, 1.54) is 0 Å². The molecule has 1 fully saturated rings. The lowest BCUT2D eigenvalue weighted by molar-refractivity contribution is 0.500. The van der Waals surface area contributed by atoms with Crippen molar-refractivity contribution in [3.8, 4) is 11.3 Å². The second-order valence-electron chi connectivity index (χ2n) is 5.56. The van der Waals surface area contributed by atoms with Crippen LogP contribution in [0.5, 0.6) is 0 Å². The fourth-order valence-electron chi connectivity index (χ4n) is 2.68. The molecule has 1 aliphatic rings. The summed E-state index contributed by atoms with van der Waals surface area (Å²) in [4.78, 5) is 11.4. The number of hydrogen-bond acceptors (Lipinski definition) is 4. The third-order valence-corrected chi connectivity index (χ3v) is 4.07. The van der Waals surface area contributed by atoms with Crippen LogP contribution in [0, 0.1) is 6.92 Å². The zero-order valence-corrected chi connectivity index (χ0v) is 12.8. The maximum atomic E-state index is 6.05. The van der Waals surface area contributed by atoms with Gasteiger partial charge in [-0.2, -0.15) is 0 Å². The first kappa shape index (κ1) is 14.3. The lowest BCUT2D eigenvalue weighted by atomic mass is 10.1. The van der Waals surface area contributed by atoms with Crippen molar-refractivity contribution in [3.05, 3.63) is 41.0 Å². The van der Waals surface area contributed by atoms with E-state index in [1.807, 2.05) is 37.4 Å². The highest BCUT2D eigenvalue weighted by molar-refractivity contribution is 6.30. The molecule has 0 radical (unpaired) electrons. The molecule has 4 nitrogen and oxygen atoms in total. The molecule has 0 amide bonds. The Labute approximate surface area is 130 Å². The first-order valence-electron chi connectivity index (χ1n) is 7.23. The van der Waals surface area contributed by atoms with Gasteiger partial charge in [-0.05, 0) is 37.5 Å². The van der Waals surface area contributed by atoms with Crippen LogP contribution >= 0.6 is 11.6 Å². The fourth-order valence-corrected chi connectivity index (χ4v) is 2.80. The summed E-state index contributed by atoms with van der Waals surface area (Å²) in [5.41, 5.74) is 9.12. The monoisotopic (exact) mass is 302 g/mol. The molecule has 1 aliphatic heterocycles. The number of nitrogens with zero attached hydrogens (tertiary/aromatic N) is 3. The molecule has 2 N–H and O–H groups in total. The largest absolute Gasteiger partial charge is 0.339 e. The Hall–Kier alpha value is -1.65. The molecule has 1 aromatic heterocycles. The van der Waals surface area contributed by atoms with Crippen LogP contribution in [0.25, 0.3) is 11.3 Å². The second-order valence-corrected chi connectivity index (χ2v) is 5.99. The first-order valence-corrected chi connectivity index (χ1v) is 7.61. The minimum absolute atomic E-state index is 0.211. The molecule has 0 bridgehead atoms. The molecule has 0 saturated carbocycles. The summed E-state index contributed by atoms with van der Waals surface area (Å²) >= 11 is 5.95. The summed E-state index contributed by atoms with van der Waals surface area (Å²) in [6.45, 7) is 3.82. The molecule has 0 aliphatic carbocycles. The molecule has 1 saturated heterocycles. The van der Waals surface area contributed by atoms with Crippen molar-refractivity contribution in [2.45, 2.75) is 25.8 Å². The quantitative estimate of drug-likeness (QED) is 0.926. The first-order chi connectivity index (χ1) is 10.1. The van der Waals surface area contributed by atoms with E-state index in [0.29, 0.717) is 0 Å². The van der Waals surface area contributed by atoms with Crippen LogP contribution in [-0.2, 0) is 0 Å². The molecular formula is C16H19ClN4. The number of benzene rings is 1. The number of halogens is 1. The van der Waals surface area contributed by atoms with Crippen LogP contribution in [0.4, 0.5) is 5.95 Å². The predicted octanol–water partition coefficient (Wildman–Crippen LogP) is 3.03. The van der Waals surface area contributed by atoms with Gasteiger partial charge in [0.05, 0.1) is 5.69 Å². The maximum absolute atomic E-state index is 6.05. The van der Waals surface area contributed by atoms with E-state index in [1.54, 1.807) is 0 Å². The van der Waals surface area contributed by atoms with Gasteiger partial charge >= 0.3 is 0 Å². The SMILES string of the molecule is Cc1cnc(N2CCCC(N)C2)nc1-c1ccc(Cl)cc1. The highest BCUT2D eigenvalue weighted by Gasteiger charge is 2.19. The predicted molar refractivity (Wildman–Crippen MR) is 86.6 cm³/mol. The van der Waals surface area contributed by atoms with E-state index >= 15 is 0 Å². The number of hydrogen-bond donors (Lipinski definition) is 1. The van der Waals surface area contributed by atoms with Crippen LogP contribution in [0.2, 0.25) is 5.02 Å². The van der Waals surface area contributed by atoms with E-state index in [-0.39, 0.29) is 6.04 Å². The fraction of sp³-hybridized carbons (Fsp3) is 0.375. The van der Waals surface area contributed by atoms with Gasteiger partial charge in [-0.25, -0.2) is 9.97 Å². The van der Waals surface area contributed by atoms with Gasteiger partial charge in [0, 0.05) is 35.9 Å². The topological polar surface area (TPSA) is 55.0 Å². The molecule has 110 valence electrons. The Morgan fingerprint density at radius 2 is 2.05 bits per heavy atom. The van der Waals surface area contributed by atoms with Crippen molar-refractivity contribution in [3.63, 3.8) is 0 Å². The van der Waals surface area contributed by atoms with E-state index < -0.39 is 0 Å². The van der Waals surface area contributed by atoms with Crippen LogP contribution < -0.4 is 10.6 Å². The standard InChI is InChI=1S/C16H19ClN4/c1-11-9-19-16(21-8-2-3-14(18)10-21)20-15(11)12-4-6-13(17)7-5-12/h4-7,9,14H,2-3,8,10,18H2,1H3. The molecule has 2 heterocycles. The highest BCUT2D eigenvalue weighted by atomic mass is 35.5. The van der Waals surface area contributed by atoms with Crippen LogP contribution in [0.1, 0.15) is 18.4 Å². The van der Waals surface area contributed by atoms with Gasteiger partial charge in [-0.15, -0.1) is 0 Å². The number of rotatable bonds is 2. The van der Waals surface area contributed by atoms with Gasteiger partial charge in [0.2, 0.25) is 5.95 Å². The van der Waals surface area contributed by atoms with Crippen molar-refractivity contribution >= 4 is 17.5 Å². The van der Waals surface area contributed by atoms with Crippen LogP contribution in [-0.4, -0.2) is 29.1 Å². The Balaban J connectivity index is 1.94. The molecule has 5 heteroatoms. The van der Waals surface area contributed by atoms with E-state index in [2.05, 4.69) is 9.88 Å². The van der Waals surface area contributed by atoms with Gasteiger partial charge in [-0.3, -0.25) is 0 Å². The highest BCUT2D eigenvalue weighted by Crippen LogP contribution is 2.25. The number of anilines is 1. The summed E-state index contributed by atoms with van der Waals surface area (Å²) in [5.74, 6) is 0.765. The number of piperidine rings is 1. The zero-order valence-electron chi connectivity index (χ0n) is 12.1. The minimum Gasteiger partial charge on any atom is -0.339 e. The van der Waals surface area contributed by atoms with Gasteiger partial charge in [0.15, 0.2) is 0 Å². The lowest BCUT2D eigenvalue weighted by Crippen LogP contribution is -2.43. The van der Waals surface area contributed by atoms with Gasteiger partial charge in [0.1, 0.15) is 0 Å². The van der Waals surface area contributed by atoms with Crippen LogP contribution in [0.15, 0.2) is 30.5 Å². The Morgan fingerprint density at radius 3 is 2.76 bits per heavy atom. The molecule has 1 atom stereocenters. The van der Waals surface area contributed by atoms with Gasteiger partial charge < -0.3 is 10.6 Å². The molecular weight excluding hydrogens is 284 g/mol. The molecule has 0 spiro atoms. The van der Waals surface area contributed by atoms with E-state index in [9.17, 15) is 0 Å². The molecule has 21 heavy (non-hydrogen) atoms. The smallest absolute Gasteiger partial charge is 0.225 e. The number of aryl methyl sites for hydroxylation is 1. The summed E-state index contributed by atoms with van der Waals surface area (Å²) in [6.07, 6.45) is 4.05. The van der Waals surface area contributed by atoms with Crippen molar-refractivity contribution in [2.24, 2.45) is 5.73 Å². The third kappa shape index (κ3) is 3.17. The normalized spacial score (nSPS) is 18.8. The van der Waals surface area contributed by atoms with Gasteiger partial charge in [0.25, 0.3) is 0 Å². The van der Waals surface area contributed by atoms with Crippen LogP contribution in [0.3, 0.4) is 0 Å². The average molecular weight is 303 g/mol. The molecule has 1 aromatic carbocycles. The van der Waals surface area contributed by atoms with Gasteiger partial charge in [-0.1, -0.05) is 23.7 Å². The Kier molecular flexibility index (Phi) is 4.08. The molecule has 3 rings (SSSR count).